The summed E-state index contributed by atoms with van der Waals surface area (Å²) in [4.78, 5) is 15.6. The molecule has 5 nitrogen and oxygen atoms in total. The van der Waals surface area contributed by atoms with Crippen LogP contribution in [0.25, 0.3) is 0 Å². The molecule has 0 aliphatic rings. The summed E-state index contributed by atoms with van der Waals surface area (Å²) in [7, 11) is 0. The van der Waals surface area contributed by atoms with Gasteiger partial charge in [0, 0.05) is 18.5 Å². The summed E-state index contributed by atoms with van der Waals surface area (Å²) in [6.07, 6.45) is 3.24. The largest absolute Gasteiger partial charge is 0.506 e. The number of benzene rings is 1. The molecule has 98 valence electrons. The summed E-state index contributed by atoms with van der Waals surface area (Å²) in [6.45, 7) is 0.0979. The number of amides is 1. The summed E-state index contributed by atoms with van der Waals surface area (Å²) in [6, 6.07) is 8.56. The third kappa shape index (κ3) is 3.53. The van der Waals surface area contributed by atoms with Crippen LogP contribution < -0.4 is 5.32 Å². The number of pyridine rings is 1. The van der Waals surface area contributed by atoms with Crippen molar-refractivity contribution in [1.29, 1.82) is 0 Å². The molecule has 0 radical (unpaired) electrons. The molecule has 1 heterocycles. The van der Waals surface area contributed by atoms with Gasteiger partial charge in [-0.3, -0.25) is 9.78 Å². The Morgan fingerprint density at radius 1 is 1.21 bits per heavy atom. The number of carbonyl (C=O) groups is 1. The van der Waals surface area contributed by atoms with Crippen LogP contribution in [0.1, 0.15) is 15.9 Å². The van der Waals surface area contributed by atoms with Gasteiger partial charge in [0.15, 0.2) is 0 Å². The fourth-order valence-electron chi connectivity index (χ4n) is 1.64. The summed E-state index contributed by atoms with van der Waals surface area (Å²) in [5.74, 6) is -0.385. The number of carbonyl (C=O) groups excluding carboxylic acids is 1. The van der Waals surface area contributed by atoms with Gasteiger partial charge in [0.25, 0.3) is 5.91 Å². The summed E-state index contributed by atoms with van der Waals surface area (Å²) >= 11 is 0. The van der Waals surface area contributed by atoms with Crippen molar-refractivity contribution >= 4 is 11.6 Å². The molecule has 1 aromatic heterocycles. The van der Waals surface area contributed by atoms with E-state index in [1.165, 1.54) is 18.5 Å². The average molecular weight is 258 g/mol. The van der Waals surface area contributed by atoms with Crippen molar-refractivity contribution in [2.24, 2.45) is 0 Å². The highest BCUT2D eigenvalue weighted by Crippen LogP contribution is 2.13. The van der Waals surface area contributed by atoms with E-state index in [-0.39, 0.29) is 18.3 Å². The Kier molecular flexibility index (Phi) is 4.10. The Morgan fingerprint density at radius 3 is 2.58 bits per heavy atom. The lowest BCUT2D eigenvalue weighted by molar-refractivity contribution is 0.102. The molecule has 0 atom stereocenters. The van der Waals surface area contributed by atoms with Crippen LogP contribution in [0.15, 0.2) is 42.7 Å². The predicted octanol–water partition coefficient (Wildman–Crippen LogP) is 1.57. The number of rotatable bonds is 4. The SMILES string of the molecule is O=C(Nc1ccc(CCO)cc1)c1cncc(O)c1. The first-order valence-corrected chi connectivity index (χ1v) is 5.84. The standard InChI is InChI=1S/C14H14N2O3/c17-6-5-10-1-3-12(4-2-10)16-14(19)11-7-13(18)9-15-8-11/h1-4,7-9,17-18H,5-6H2,(H,16,19). The van der Waals surface area contributed by atoms with Crippen LogP contribution in [0.3, 0.4) is 0 Å². The van der Waals surface area contributed by atoms with Crippen molar-refractivity contribution in [3.8, 4) is 5.75 Å². The van der Waals surface area contributed by atoms with Gasteiger partial charge in [-0.25, -0.2) is 0 Å². The van der Waals surface area contributed by atoms with E-state index < -0.39 is 0 Å². The van der Waals surface area contributed by atoms with E-state index in [1.807, 2.05) is 12.1 Å². The number of aliphatic hydroxyl groups is 1. The molecule has 0 unspecified atom stereocenters. The number of aromatic nitrogens is 1. The Labute approximate surface area is 110 Å². The second-order valence-electron chi connectivity index (χ2n) is 4.06. The molecule has 2 rings (SSSR count). The lowest BCUT2D eigenvalue weighted by Crippen LogP contribution is -2.12. The van der Waals surface area contributed by atoms with Gasteiger partial charge in [0.2, 0.25) is 0 Å². The van der Waals surface area contributed by atoms with Gasteiger partial charge in [-0.05, 0) is 30.2 Å². The predicted molar refractivity (Wildman–Crippen MR) is 71.1 cm³/mol. The third-order valence-electron chi connectivity index (χ3n) is 2.60. The molecule has 5 heteroatoms. The lowest BCUT2D eigenvalue weighted by Gasteiger charge is -2.06. The van der Waals surface area contributed by atoms with Crippen LogP contribution in [0.2, 0.25) is 0 Å². The summed E-state index contributed by atoms with van der Waals surface area (Å²) < 4.78 is 0. The minimum absolute atomic E-state index is 0.0501. The van der Waals surface area contributed by atoms with E-state index in [0.29, 0.717) is 17.7 Å². The minimum Gasteiger partial charge on any atom is -0.506 e. The summed E-state index contributed by atoms with van der Waals surface area (Å²) in [5, 5.41) is 20.8. The van der Waals surface area contributed by atoms with Crippen molar-refractivity contribution in [2.75, 3.05) is 11.9 Å². The maximum Gasteiger partial charge on any atom is 0.257 e. The van der Waals surface area contributed by atoms with Gasteiger partial charge in [-0.2, -0.15) is 0 Å². The van der Waals surface area contributed by atoms with Crippen molar-refractivity contribution in [3.63, 3.8) is 0 Å². The van der Waals surface area contributed by atoms with E-state index >= 15 is 0 Å². The van der Waals surface area contributed by atoms with Gasteiger partial charge >= 0.3 is 0 Å². The molecule has 1 amide bonds. The Morgan fingerprint density at radius 2 is 1.95 bits per heavy atom. The van der Waals surface area contributed by atoms with Gasteiger partial charge in [-0.1, -0.05) is 12.1 Å². The van der Waals surface area contributed by atoms with Crippen LogP contribution >= 0.6 is 0 Å². The molecule has 0 bridgehead atoms. The van der Waals surface area contributed by atoms with Crippen LogP contribution in [0.4, 0.5) is 5.69 Å². The fourth-order valence-corrected chi connectivity index (χ4v) is 1.64. The average Bonchev–Trinajstić information content (AvgIpc) is 2.41. The van der Waals surface area contributed by atoms with Crippen LogP contribution in [0, 0.1) is 0 Å². The molecular formula is C14H14N2O3. The molecule has 0 spiro atoms. The Balaban J connectivity index is 2.06. The second-order valence-corrected chi connectivity index (χ2v) is 4.06. The lowest BCUT2D eigenvalue weighted by atomic mass is 10.1. The molecule has 0 saturated heterocycles. The van der Waals surface area contributed by atoms with Crippen LogP contribution in [-0.4, -0.2) is 27.7 Å². The first-order chi connectivity index (χ1) is 9.19. The molecule has 0 fully saturated rings. The smallest absolute Gasteiger partial charge is 0.257 e. The topological polar surface area (TPSA) is 82.5 Å². The fraction of sp³-hybridized carbons (Fsp3) is 0.143. The molecular weight excluding hydrogens is 244 g/mol. The van der Waals surface area contributed by atoms with Gasteiger partial charge < -0.3 is 15.5 Å². The quantitative estimate of drug-likeness (QED) is 0.777. The van der Waals surface area contributed by atoms with Gasteiger partial charge in [0.1, 0.15) is 5.75 Å². The van der Waals surface area contributed by atoms with Crippen LogP contribution in [-0.2, 0) is 6.42 Å². The number of nitrogens with one attached hydrogen (secondary N) is 1. The Hall–Kier alpha value is -2.40. The molecule has 1 aromatic carbocycles. The maximum absolute atomic E-state index is 11.9. The molecule has 3 N–H and O–H groups in total. The number of hydrogen-bond donors (Lipinski definition) is 3. The number of nitrogens with zero attached hydrogens (tertiary/aromatic N) is 1. The van der Waals surface area contributed by atoms with E-state index in [9.17, 15) is 9.90 Å². The van der Waals surface area contributed by atoms with E-state index in [4.69, 9.17) is 5.11 Å². The third-order valence-corrected chi connectivity index (χ3v) is 2.60. The van der Waals surface area contributed by atoms with E-state index in [0.717, 1.165) is 5.56 Å². The normalized spacial score (nSPS) is 10.2. The zero-order valence-corrected chi connectivity index (χ0v) is 10.2. The van der Waals surface area contributed by atoms with E-state index in [1.54, 1.807) is 12.1 Å². The zero-order valence-electron chi connectivity index (χ0n) is 10.2. The van der Waals surface area contributed by atoms with Gasteiger partial charge in [0.05, 0.1) is 11.8 Å². The first-order valence-electron chi connectivity index (χ1n) is 5.84. The molecule has 0 saturated carbocycles. The molecule has 2 aromatic rings. The monoisotopic (exact) mass is 258 g/mol. The second kappa shape index (κ2) is 5.97. The number of anilines is 1. The van der Waals surface area contributed by atoms with Crippen molar-refractivity contribution in [3.05, 3.63) is 53.9 Å². The first kappa shape index (κ1) is 13.0. The van der Waals surface area contributed by atoms with Crippen molar-refractivity contribution in [1.82, 2.24) is 4.98 Å². The highest BCUT2D eigenvalue weighted by Gasteiger charge is 2.07. The highest BCUT2D eigenvalue weighted by atomic mass is 16.3. The van der Waals surface area contributed by atoms with Crippen LogP contribution in [0.5, 0.6) is 5.75 Å². The maximum atomic E-state index is 11.9. The Bertz CT molecular complexity index is 567. The van der Waals surface area contributed by atoms with E-state index in [2.05, 4.69) is 10.3 Å². The zero-order chi connectivity index (χ0) is 13.7. The number of aromatic hydroxyl groups is 1. The molecule has 0 aliphatic carbocycles. The van der Waals surface area contributed by atoms with Crippen molar-refractivity contribution in [2.45, 2.75) is 6.42 Å². The minimum atomic E-state index is -0.335. The summed E-state index contributed by atoms with van der Waals surface area (Å²) in [5.41, 5.74) is 1.94. The van der Waals surface area contributed by atoms with Gasteiger partial charge in [-0.15, -0.1) is 0 Å². The highest BCUT2D eigenvalue weighted by molar-refractivity contribution is 6.04. The van der Waals surface area contributed by atoms with Crippen molar-refractivity contribution < 1.29 is 15.0 Å². The number of hydrogen-bond acceptors (Lipinski definition) is 4. The molecule has 19 heavy (non-hydrogen) atoms. The number of aliphatic hydroxyl groups excluding tert-OH is 1. The molecule has 0 aliphatic heterocycles.